The molecule has 1 fully saturated rings. The summed E-state index contributed by atoms with van der Waals surface area (Å²) in [5.41, 5.74) is 9.01. The second-order valence-electron chi connectivity index (χ2n) is 6.30. The van der Waals surface area contributed by atoms with E-state index in [-0.39, 0.29) is 0 Å². The minimum absolute atomic E-state index is 0.323. The molecule has 0 bridgehead atoms. The Morgan fingerprint density at radius 3 is 2.56 bits per heavy atom. The van der Waals surface area contributed by atoms with Crippen molar-refractivity contribution in [2.45, 2.75) is 71.1 Å². The first kappa shape index (κ1) is 13.4. The zero-order chi connectivity index (χ0) is 13.2. The van der Waals surface area contributed by atoms with Crippen LogP contribution in [0, 0.1) is 5.92 Å². The number of nitrogens with one attached hydrogen (secondary N) is 1. The van der Waals surface area contributed by atoms with Crippen molar-refractivity contribution in [2.24, 2.45) is 5.92 Å². The van der Waals surface area contributed by atoms with E-state index in [2.05, 4.69) is 31.0 Å². The van der Waals surface area contributed by atoms with Crippen molar-refractivity contribution in [1.29, 1.82) is 0 Å². The van der Waals surface area contributed by atoms with Gasteiger partial charge in [0.25, 0.3) is 0 Å². The minimum atomic E-state index is 0.323. The summed E-state index contributed by atoms with van der Waals surface area (Å²) in [7, 11) is 0. The Morgan fingerprint density at radius 2 is 2.00 bits per heavy atom. The van der Waals surface area contributed by atoms with Crippen LogP contribution in [0.25, 0.3) is 0 Å². The Labute approximate surface area is 111 Å². The molecule has 3 heteroatoms. The van der Waals surface area contributed by atoms with Crippen molar-refractivity contribution in [2.75, 3.05) is 5.73 Å². The normalized spacial score (nSPS) is 18.7. The molecule has 0 aromatic carbocycles. The van der Waals surface area contributed by atoms with Crippen LogP contribution >= 0.6 is 0 Å². The molecule has 0 unspecified atom stereocenters. The highest BCUT2D eigenvalue weighted by atomic mass is 15.2. The Kier molecular flexibility index (Phi) is 3.98. The fraction of sp³-hybridized carbons (Fsp3) is 0.800. The summed E-state index contributed by atoms with van der Waals surface area (Å²) in [6, 6.07) is 0. The third-order valence-electron chi connectivity index (χ3n) is 4.29. The van der Waals surface area contributed by atoms with Crippen LogP contribution in [-0.2, 0) is 11.8 Å². The summed E-state index contributed by atoms with van der Waals surface area (Å²) >= 11 is 0. The zero-order valence-corrected chi connectivity index (χ0v) is 12.1. The van der Waals surface area contributed by atoms with E-state index in [0.29, 0.717) is 5.41 Å². The van der Waals surface area contributed by atoms with Gasteiger partial charge in [-0.1, -0.05) is 40.0 Å². The number of aromatic amines is 1. The molecule has 0 radical (unpaired) electrons. The number of H-pyrrole nitrogens is 1. The topological polar surface area (TPSA) is 54.7 Å². The average Bonchev–Trinajstić information content (AvgIpc) is 2.88. The maximum atomic E-state index is 6.04. The summed E-state index contributed by atoms with van der Waals surface area (Å²) in [6.45, 7) is 6.85. The van der Waals surface area contributed by atoms with E-state index in [1.165, 1.54) is 43.4 Å². The molecule has 0 saturated heterocycles. The van der Waals surface area contributed by atoms with Crippen LogP contribution < -0.4 is 5.73 Å². The third kappa shape index (κ3) is 2.40. The van der Waals surface area contributed by atoms with Gasteiger partial charge in [0.2, 0.25) is 0 Å². The van der Waals surface area contributed by atoms with Crippen LogP contribution in [0.5, 0.6) is 0 Å². The van der Waals surface area contributed by atoms with Crippen LogP contribution in [0.15, 0.2) is 0 Å². The van der Waals surface area contributed by atoms with Crippen LogP contribution in [0.3, 0.4) is 0 Å². The van der Waals surface area contributed by atoms with Gasteiger partial charge in [-0.2, -0.15) is 5.10 Å². The van der Waals surface area contributed by atoms with E-state index < -0.39 is 0 Å². The lowest BCUT2D eigenvalue weighted by Gasteiger charge is -2.31. The van der Waals surface area contributed by atoms with Crippen LogP contribution in [0.1, 0.15) is 70.6 Å². The Bertz CT molecular complexity index is 386. The molecule has 3 N–H and O–H groups in total. The van der Waals surface area contributed by atoms with Gasteiger partial charge in [-0.05, 0) is 31.6 Å². The van der Waals surface area contributed by atoms with Gasteiger partial charge < -0.3 is 5.73 Å². The Balaban J connectivity index is 2.36. The Hall–Kier alpha value is -0.990. The fourth-order valence-electron chi connectivity index (χ4n) is 3.71. The second kappa shape index (κ2) is 5.33. The number of nitrogens with two attached hydrogens (primary N) is 1. The summed E-state index contributed by atoms with van der Waals surface area (Å²) in [4.78, 5) is 0. The largest absolute Gasteiger partial charge is 0.382 e. The zero-order valence-electron chi connectivity index (χ0n) is 12.1. The maximum absolute atomic E-state index is 6.04. The van der Waals surface area contributed by atoms with Crippen molar-refractivity contribution < 1.29 is 0 Å². The second-order valence-corrected chi connectivity index (χ2v) is 6.30. The highest BCUT2D eigenvalue weighted by Crippen LogP contribution is 2.46. The molecule has 1 aromatic heterocycles. The Morgan fingerprint density at radius 1 is 1.33 bits per heavy atom. The molecule has 0 atom stereocenters. The molecule has 1 heterocycles. The lowest BCUT2D eigenvalue weighted by molar-refractivity contribution is 0.335. The van der Waals surface area contributed by atoms with E-state index in [9.17, 15) is 0 Å². The van der Waals surface area contributed by atoms with E-state index in [0.717, 1.165) is 24.6 Å². The van der Waals surface area contributed by atoms with Gasteiger partial charge >= 0.3 is 0 Å². The molecule has 1 aromatic rings. The monoisotopic (exact) mass is 249 g/mol. The third-order valence-corrected chi connectivity index (χ3v) is 4.29. The van der Waals surface area contributed by atoms with Gasteiger partial charge in [-0.15, -0.1) is 0 Å². The van der Waals surface area contributed by atoms with E-state index >= 15 is 0 Å². The summed E-state index contributed by atoms with van der Waals surface area (Å²) in [5.74, 6) is 1.45. The lowest BCUT2D eigenvalue weighted by atomic mass is 9.74. The summed E-state index contributed by atoms with van der Waals surface area (Å²) in [6.07, 6.45) is 8.72. The molecule has 0 aliphatic heterocycles. The molecule has 3 nitrogen and oxygen atoms in total. The van der Waals surface area contributed by atoms with Gasteiger partial charge in [-0.25, -0.2) is 0 Å². The number of hydrogen-bond donors (Lipinski definition) is 2. The van der Waals surface area contributed by atoms with Gasteiger partial charge in [0.15, 0.2) is 0 Å². The molecule has 1 aliphatic rings. The highest BCUT2D eigenvalue weighted by Gasteiger charge is 2.39. The molecule has 1 aliphatic carbocycles. The number of nitrogens with zero attached hydrogens (tertiary/aromatic N) is 1. The summed E-state index contributed by atoms with van der Waals surface area (Å²) in [5, 5.41) is 7.56. The first-order valence-corrected chi connectivity index (χ1v) is 7.42. The molecule has 1 saturated carbocycles. The molecule has 2 rings (SSSR count). The van der Waals surface area contributed by atoms with E-state index in [1.807, 2.05) is 0 Å². The van der Waals surface area contributed by atoms with Gasteiger partial charge in [0.05, 0.1) is 0 Å². The molecular formula is C15H27N3. The number of rotatable bonds is 5. The summed E-state index contributed by atoms with van der Waals surface area (Å²) < 4.78 is 0. The molecule has 102 valence electrons. The predicted octanol–water partition coefficient (Wildman–Crippen LogP) is 3.80. The van der Waals surface area contributed by atoms with E-state index in [4.69, 9.17) is 5.73 Å². The van der Waals surface area contributed by atoms with Crippen molar-refractivity contribution in [3.8, 4) is 0 Å². The first-order chi connectivity index (χ1) is 8.59. The number of aromatic nitrogens is 2. The quantitative estimate of drug-likeness (QED) is 0.834. The first-order valence-electron chi connectivity index (χ1n) is 7.42. The number of nitrogen functional groups attached to an aromatic ring is 1. The van der Waals surface area contributed by atoms with Crippen LogP contribution in [-0.4, -0.2) is 10.2 Å². The van der Waals surface area contributed by atoms with Crippen molar-refractivity contribution in [3.05, 3.63) is 11.3 Å². The molecule has 0 spiro atoms. The maximum Gasteiger partial charge on any atom is 0.148 e. The minimum Gasteiger partial charge on any atom is -0.382 e. The van der Waals surface area contributed by atoms with Gasteiger partial charge in [0, 0.05) is 16.7 Å². The van der Waals surface area contributed by atoms with Gasteiger partial charge in [0.1, 0.15) is 5.82 Å². The average molecular weight is 249 g/mol. The lowest BCUT2D eigenvalue weighted by Crippen LogP contribution is -2.26. The molecule has 18 heavy (non-hydrogen) atoms. The highest BCUT2D eigenvalue weighted by molar-refractivity contribution is 5.45. The van der Waals surface area contributed by atoms with Crippen molar-refractivity contribution >= 4 is 5.82 Å². The van der Waals surface area contributed by atoms with Crippen LogP contribution in [0.2, 0.25) is 0 Å². The van der Waals surface area contributed by atoms with Gasteiger partial charge in [-0.3, -0.25) is 5.10 Å². The number of hydrogen-bond acceptors (Lipinski definition) is 2. The standard InChI is InChI=1S/C15H27N3/c1-4-7-12-13(17-18-14(12)16)15(10-11(2)3)8-5-6-9-15/h11H,4-10H2,1-3H3,(H3,16,17,18). The SMILES string of the molecule is CCCc1c(N)n[nH]c1C1(CC(C)C)CCCC1. The van der Waals surface area contributed by atoms with Crippen molar-refractivity contribution in [1.82, 2.24) is 10.2 Å². The number of anilines is 1. The van der Waals surface area contributed by atoms with E-state index in [1.54, 1.807) is 0 Å². The molecular weight excluding hydrogens is 222 g/mol. The smallest absolute Gasteiger partial charge is 0.148 e. The van der Waals surface area contributed by atoms with Crippen LogP contribution in [0.4, 0.5) is 5.82 Å². The van der Waals surface area contributed by atoms with Crippen molar-refractivity contribution in [3.63, 3.8) is 0 Å². The fourth-order valence-corrected chi connectivity index (χ4v) is 3.71. The molecule has 0 amide bonds. The predicted molar refractivity (Wildman–Crippen MR) is 76.6 cm³/mol.